The van der Waals surface area contributed by atoms with Gasteiger partial charge in [0.05, 0.1) is 0 Å². The minimum absolute atomic E-state index is 0.535. The van der Waals surface area contributed by atoms with Crippen LogP contribution in [0.2, 0.25) is 0 Å². The summed E-state index contributed by atoms with van der Waals surface area (Å²) in [6.45, 7) is 3.31. The van der Waals surface area contributed by atoms with Crippen LogP contribution >= 0.6 is 0 Å². The summed E-state index contributed by atoms with van der Waals surface area (Å²) < 4.78 is 0. The number of nitrogens with zero attached hydrogens (tertiary/aromatic N) is 5. The fourth-order valence-electron chi connectivity index (χ4n) is 2.69. The summed E-state index contributed by atoms with van der Waals surface area (Å²) in [7, 11) is 0. The smallest absolute Gasteiger partial charge is 0.348 e. The van der Waals surface area contributed by atoms with Gasteiger partial charge in [-0.1, -0.05) is 23.1 Å². The van der Waals surface area contributed by atoms with E-state index in [4.69, 9.17) is 5.73 Å². The molecule has 2 fully saturated rings. The molecule has 0 bridgehead atoms. The zero-order valence-corrected chi connectivity index (χ0v) is 11.7. The molecule has 2 heterocycles. The maximum absolute atomic E-state index is 12.2. The Morgan fingerprint density at radius 2 is 1.25 bits per heavy atom. The standard InChI is InChI=1S/C12H22N6O2/c13-11(19)14-15-12(20)18(16-7-3-1-4-8-16)17-9-5-2-6-10-17/h1-10H2,(H2,13,19)/b15-14+. The molecular weight excluding hydrogens is 260 g/mol. The first kappa shape index (κ1) is 14.9. The minimum atomic E-state index is -0.949. The maximum Gasteiger partial charge on any atom is 0.392 e. The van der Waals surface area contributed by atoms with Gasteiger partial charge in [0.25, 0.3) is 0 Å². The summed E-state index contributed by atoms with van der Waals surface area (Å²) in [5.41, 5.74) is 4.90. The minimum Gasteiger partial charge on any atom is -0.348 e. The van der Waals surface area contributed by atoms with Crippen molar-refractivity contribution in [2.75, 3.05) is 26.2 Å². The number of primary amides is 1. The molecule has 2 rings (SSSR count). The third-order valence-corrected chi connectivity index (χ3v) is 3.61. The molecule has 0 unspecified atom stereocenters. The van der Waals surface area contributed by atoms with E-state index in [2.05, 4.69) is 10.2 Å². The second kappa shape index (κ2) is 7.30. The number of hydrogen-bond acceptors (Lipinski definition) is 4. The van der Waals surface area contributed by atoms with Gasteiger partial charge < -0.3 is 5.73 Å². The van der Waals surface area contributed by atoms with Crippen LogP contribution in [-0.4, -0.2) is 53.4 Å². The number of piperidine rings is 2. The van der Waals surface area contributed by atoms with E-state index in [-0.39, 0.29) is 0 Å². The summed E-state index contributed by atoms with van der Waals surface area (Å²) in [6, 6.07) is -1.48. The van der Waals surface area contributed by atoms with E-state index in [1.807, 2.05) is 10.0 Å². The number of azo groups is 1. The van der Waals surface area contributed by atoms with Crippen molar-refractivity contribution in [3.8, 4) is 0 Å². The predicted octanol–water partition coefficient (Wildman–Crippen LogP) is 1.74. The van der Waals surface area contributed by atoms with Crippen molar-refractivity contribution in [1.82, 2.24) is 15.1 Å². The molecule has 4 amide bonds. The molecule has 0 aromatic heterocycles. The summed E-state index contributed by atoms with van der Waals surface area (Å²) in [5, 5.41) is 12.1. The van der Waals surface area contributed by atoms with Crippen LogP contribution in [0, 0.1) is 0 Å². The molecule has 0 aliphatic carbocycles. The fraction of sp³-hybridized carbons (Fsp3) is 0.833. The molecule has 2 saturated heterocycles. The first-order valence-corrected chi connectivity index (χ1v) is 7.23. The fourth-order valence-corrected chi connectivity index (χ4v) is 2.69. The third kappa shape index (κ3) is 3.97. The quantitative estimate of drug-likeness (QED) is 0.780. The SMILES string of the molecule is NC(=O)/N=N/C(=O)N(N1CCCCC1)N1CCCCC1. The van der Waals surface area contributed by atoms with Gasteiger partial charge in [0, 0.05) is 26.2 Å². The number of carbonyl (C=O) groups is 2. The highest BCUT2D eigenvalue weighted by Gasteiger charge is 2.30. The summed E-state index contributed by atoms with van der Waals surface area (Å²) in [6.07, 6.45) is 6.60. The van der Waals surface area contributed by atoms with E-state index in [9.17, 15) is 9.59 Å². The monoisotopic (exact) mass is 282 g/mol. The summed E-state index contributed by atoms with van der Waals surface area (Å²) in [5.74, 6) is 0. The lowest BCUT2D eigenvalue weighted by Crippen LogP contribution is -2.58. The zero-order valence-electron chi connectivity index (χ0n) is 11.7. The molecule has 20 heavy (non-hydrogen) atoms. The lowest BCUT2D eigenvalue weighted by atomic mass is 10.1. The van der Waals surface area contributed by atoms with Gasteiger partial charge in [-0.2, -0.15) is 5.12 Å². The highest BCUT2D eigenvalue weighted by atomic mass is 16.2. The Hall–Kier alpha value is -1.54. The van der Waals surface area contributed by atoms with Gasteiger partial charge in [-0.15, -0.1) is 0 Å². The maximum atomic E-state index is 12.2. The van der Waals surface area contributed by atoms with Crippen LogP contribution in [0.25, 0.3) is 0 Å². The molecule has 0 saturated carbocycles. The van der Waals surface area contributed by atoms with Crippen molar-refractivity contribution in [1.29, 1.82) is 0 Å². The Morgan fingerprint density at radius 3 is 1.65 bits per heavy atom. The Labute approximate surface area is 118 Å². The van der Waals surface area contributed by atoms with Crippen LogP contribution in [0.4, 0.5) is 9.59 Å². The van der Waals surface area contributed by atoms with E-state index in [1.54, 1.807) is 5.12 Å². The largest absolute Gasteiger partial charge is 0.392 e. The number of hydrazine groups is 2. The van der Waals surface area contributed by atoms with E-state index >= 15 is 0 Å². The first-order valence-electron chi connectivity index (χ1n) is 7.23. The number of amides is 4. The van der Waals surface area contributed by atoms with Crippen molar-refractivity contribution in [2.45, 2.75) is 38.5 Å². The average Bonchev–Trinajstić information content (AvgIpc) is 2.48. The predicted molar refractivity (Wildman–Crippen MR) is 72.5 cm³/mol. The van der Waals surface area contributed by atoms with E-state index in [0.717, 1.165) is 51.9 Å². The van der Waals surface area contributed by atoms with Gasteiger partial charge >= 0.3 is 12.1 Å². The molecule has 0 aromatic carbocycles. The molecule has 112 valence electrons. The number of urea groups is 2. The molecule has 0 aromatic rings. The van der Waals surface area contributed by atoms with Crippen LogP contribution in [0.3, 0.4) is 0 Å². The van der Waals surface area contributed by atoms with Crippen molar-refractivity contribution in [3.63, 3.8) is 0 Å². The van der Waals surface area contributed by atoms with Crippen LogP contribution in [0.1, 0.15) is 38.5 Å². The molecule has 8 nitrogen and oxygen atoms in total. The van der Waals surface area contributed by atoms with E-state index < -0.39 is 12.1 Å². The molecule has 8 heteroatoms. The molecule has 2 aliphatic rings. The molecule has 0 spiro atoms. The lowest BCUT2D eigenvalue weighted by molar-refractivity contribution is -0.154. The Kier molecular flexibility index (Phi) is 5.42. The first-order chi connectivity index (χ1) is 9.68. The Balaban J connectivity index is 2.09. The van der Waals surface area contributed by atoms with Crippen molar-refractivity contribution < 1.29 is 9.59 Å². The third-order valence-electron chi connectivity index (χ3n) is 3.61. The van der Waals surface area contributed by atoms with Crippen molar-refractivity contribution in [3.05, 3.63) is 0 Å². The van der Waals surface area contributed by atoms with Gasteiger partial charge in [0.1, 0.15) is 0 Å². The lowest BCUT2D eigenvalue weighted by Gasteiger charge is -2.43. The number of nitrogens with two attached hydrogens (primary N) is 1. The van der Waals surface area contributed by atoms with Crippen LogP contribution in [-0.2, 0) is 0 Å². The Morgan fingerprint density at radius 1 is 0.800 bits per heavy atom. The van der Waals surface area contributed by atoms with Gasteiger partial charge in [-0.25, -0.2) is 19.6 Å². The second-order valence-corrected chi connectivity index (χ2v) is 5.14. The zero-order chi connectivity index (χ0) is 14.4. The van der Waals surface area contributed by atoms with Crippen molar-refractivity contribution >= 4 is 12.1 Å². The van der Waals surface area contributed by atoms with Crippen LogP contribution in [0.5, 0.6) is 0 Å². The normalized spacial score (nSPS) is 22.0. The summed E-state index contributed by atoms with van der Waals surface area (Å²) >= 11 is 0. The molecule has 0 atom stereocenters. The van der Waals surface area contributed by atoms with Gasteiger partial charge in [0.2, 0.25) is 0 Å². The topological polar surface area (TPSA) is 94.6 Å². The second-order valence-electron chi connectivity index (χ2n) is 5.14. The highest BCUT2D eigenvalue weighted by molar-refractivity contribution is 5.78. The van der Waals surface area contributed by atoms with Crippen molar-refractivity contribution in [2.24, 2.45) is 16.0 Å². The van der Waals surface area contributed by atoms with Crippen LogP contribution in [0.15, 0.2) is 10.2 Å². The molecule has 2 aliphatic heterocycles. The number of carbonyl (C=O) groups excluding carboxylic acids is 2. The molecule has 2 N–H and O–H groups in total. The highest BCUT2D eigenvalue weighted by Crippen LogP contribution is 2.19. The molecule has 0 radical (unpaired) electrons. The van der Waals surface area contributed by atoms with E-state index in [1.165, 1.54) is 12.8 Å². The van der Waals surface area contributed by atoms with Gasteiger partial charge in [0.15, 0.2) is 0 Å². The molecular formula is C12H22N6O2. The average molecular weight is 282 g/mol. The van der Waals surface area contributed by atoms with E-state index in [0.29, 0.717) is 0 Å². The summed E-state index contributed by atoms with van der Waals surface area (Å²) in [4.78, 5) is 22.9. The number of hydrogen-bond donors (Lipinski definition) is 1. The Bertz CT molecular complexity index is 356. The van der Waals surface area contributed by atoms with Gasteiger partial charge in [-0.05, 0) is 25.7 Å². The number of rotatable bonds is 2. The van der Waals surface area contributed by atoms with Crippen LogP contribution < -0.4 is 5.73 Å². The van der Waals surface area contributed by atoms with Gasteiger partial charge in [-0.3, -0.25) is 0 Å².